The lowest BCUT2D eigenvalue weighted by molar-refractivity contribution is -0.0702. The van der Waals surface area contributed by atoms with Crippen LogP contribution >= 0.6 is 0 Å². The van der Waals surface area contributed by atoms with Crippen molar-refractivity contribution in [1.29, 1.82) is 0 Å². The number of anilines is 1. The van der Waals surface area contributed by atoms with Gasteiger partial charge in [-0.05, 0) is 106 Å². The summed E-state index contributed by atoms with van der Waals surface area (Å²) in [5.41, 5.74) is 7.26. The molecular formula is C60H56N5O7. The van der Waals surface area contributed by atoms with E-state index in [9.17, 15) is 0 Å². The molecule has 0 saturated carbocycles. The summed E-state index contributed by atoms with van der Waals surface area (Å²) in [4.78, 5) is 14.1. The second-order valence-corrected chi connectivity index (χ2v) is 17.4. The maximum Gasteiger partial charge on any atom is 0.167 e. The van der Waals surface area contributed by atoms with Gasteiger partial charge in [-0.1, -0.05) is 133 Å². The van der Waals surface area contributed by atoms with Gasteiger partial charge in [-0.3, -0.25) is 4.57 Å². The van der Waals surface area contributed by atoms with Crippen LogP contribution in [0.2, 0.25) is 0 Å². The van der Waals surface area contributed by atoms with E-state index in [4.69, 9.17) is 38.1 Å². The number of nitrogens with one attached hydrogen (secondary N) is 1. The summed E-state index contributed by atoms with van der Waals surface area (Å²) in [5.74, 6) is 3.67. The second kappa shape index (κ2) is 21.5. The molecule has 1 saturated heterocycles. The smallest absolute Gasteiger partial charge is 0.167 e. The fourth-order valence-corrected chi connectivity index (χ4v) is 9.62. The first kappa shape index (κ1) is 47.6. The number of nitrogens with zero attached hydrogens (tertiary/aromatic N) is 4. The second-order valence-electron chi connectivity index (χ2n) is 17.4. The third-order valence-corrected chi connectivity index (χ3v) is 13.3. The van der Waals surface area contributed by atoms with Gasteiger partial charge in [-0.2, -0.15) is 0 Å². The fraction of sp³-hybridized carbons (Fsp3) is 0.200. The van der Waals surface area contributed by atoms with Crippen molar-refractivity contribution in [2.24, 2.45) is 0 Å². The van der Waals surface area contributed by atoms with Crippen molar-refractivity contribution in [2.75, 3.05) is 40.4 Å². The number of fused-ring (bicyclic) bond motifs is 1. The molecule has 72 heavy (non-hydrogen) atoms. The van der Waals surface area contributed by atoms with E-state index in [0.717, 1.165) is 67.5 Å². The molecule has 0 spiro atoms. The van der Waals surface area contributed by atoms with Crippen molar-refractivity contribution in [3.05, 3.63) is 246 Å². The number of hydrogen-bond donors (Lipinski definition) is 1. The maximum absolute atomic E-state index is 7.20. The zero-order valence-corrected chi connectivity index (χ0v) is 40.7. The first-order valence-corrected chi connectivity index (χ1v) is 23.9. The van der Waals surface area contributed by atoms with E-state index in [0.29, 0.717) is 36.6 Å². The Hall–Kier alpha value is -8.03. The highest BCUT2D eigenvalue weighted by Crippen LogP contribution is 2.44. The molecule has 1 aliphatic heterocycles. The van der Waals surface area contributed by atoms with Crippen molar-refractivity contribution in [1.82, 2.24) is 19.5 Å². The van der Waals surface area contributed by atoms with Crippen LogP contribution < -0.4 is 24.3 Å². The van der Waals surface area contributed by atoms with Gasteiger partial charge in [-0.25, -0.2) is 15.0 Å². The van der Waals surface area contributed by atoms with Crippen molar-refractivity contribution in [3.63, 3.8) is 0 Å². The number of rotatable bonds is 20. The minimum Gasteiger partial charge on any atom is -0.497 e. The van der Waals surface area contributed by atoms with E-state index in [2.05, 4.69) is 119 Å². The van der Waals surface area contributed by atoms with Gasteiger partial charge in [0.15, 0.2) is 17.0 Å². The van der Waals surface area contributed by atoms with Crippen LogP contribution in [-0.2, 0) is 38.6 Å². The van der Waals surface area contributed by atoms with E-state index >= 15 is 0 Å². The Bertz CT molecular complexity index is 3080. The maximum atomic E-state index is 7.20. The lowest BCUT2D eigenvalue weighted by atomic mass is 9.80. The highest BCUT2D eigenvalue weighted by atomic mass is 16.6. The first-order chi connectivity index (χ1) is 35.4. The van der Waals surface area contributed by atoms with Crippen LogP contribution in [-0.4, -0.2) is 60.7 Å². The standard InChI is InChI=1S/C60H56N5O7/c1-66-50-26-18-46(19-27-50)59(44-14-7-5-8-15-44,47-20-28-51(67-2)29-21-47)70-38-43-13-11-12-42(36-43)37-61-57-56-58(63-40-62-57)65(41-64-56)55-35-34-54(72-55)39-71-60(45-16-9-6-10-17-45,48-22-30-52(68-3)31-23-48)49-24-32-53(69-4)33-25-49/h5-34,36,40-41,54-55H,35,37-39H2,1-4H3,(H,61,62,63)/t54-,55-/m1/s1. The van der Waals surface area contributed by atoms with Gasteiger partial charge in [0.25, 0.3) is 0 Å². The molecule has 0 aliphatic carbocycles. The van der Waals surface area contributed by atoms with Crippen molar-refractivity contribution in [3.8, 4) is 23.0 Å². The van der Waals surface area contributed by atoms with Crippen molar-refractivity contribution in [2.45, 2.75) is 43.1 Å². The summed E-state index contributed by atoms with van der Waals surface area (Å²) < 4.78 is 45.2. The minimum atomic E-state index is -0.974. The van der Waals surface area contributed by atoms with E-state index in [1.807, 2.05) is 89.5 Å². The largest absolute Gasteiger partial charge is 0.497 e. The fourth-order valence-electron chi connectivity index (χ4n) is 9.62. The Morgan fingerprint density at radius 1 is 0.528 bits per heavy atom. The summed E-state index contributed by atoms with van der Waals surface area (Å²) in [6, 6.07) is 61.1. The number of aromatic nitrogens is 4. The lowest BCUT2D eigenvalue weighted by Crippen LogP contribution is -2.35. The summed E-state index contributed by atoms with van der Waals surface area (Å²) in [7, 11) is 6.67. The molecular weight excluding hydrogens is 903 g/mol. The van der Waals surface area contributed by atoms with E-state index in [1.54, 1.807) is 41.1 Å². The normalized spacial score (nSPS) is 14.8. The highest BCUT2D eigenvalue weighted by molar-refractivity contribution is 5.82. The van der Waals surface area contributed by atoms with Crippen LogP contribution in [0.5, 0.6) is 23.0 Å². The summed E-state index contributed by atoms with van der Waals surface area (Å²) >= 11 is 0. The number of benzene rings is 7. The summed E-state index contributed by atoms with van der Waals surface area (Å²) in [6.45, 7) is 1.09. The van der Waals surface area contributed by atoms with Gasteiger partial charge < -0.3 is 38.5 Å². The first-order valence-electron chi connectivity index (χ1n) is 23.9. The van der Waals surface area contributed by atoms with E-state index < -0.39 is 11.2 Å². The molecule has 12 heteroatoms. The molecule has 0 unspecified atom stereocenters. The molecule has 363 valence electrons. The predicted octanol–water partition coefficient (Wildman–Crippen LogP) is 11.5. The Morgan fingerprint density at radius 3 is 1.50 bits per heavy atom. The molecule has 9 aromatic rings. The molecule has 2 aromatic heterocycles. The Labute approximate surface area is 420 Å². The average molecular weight is 959 g/mol. The molecule has 3 heterocycles. The van der Waals surface area contributed by atoms with Gasteiger partial charge in [0.05, 0.1) is 54.1 Å². The Kier molecular flexibility index (Phi) is 14.2. The molecule has 12 nitrogen and oxygen atoms in total. The van der Waals surface area contributed by atoms with Crippen LogP contribution in [0.3, 0.4) is 0 Å². The Balaban J connectivity index is 0.856. The zero-order chi connectivity index (χ0) is 49.3. The molecule has 1 aliphatic rings. The molecule has 0 amide bonds. The SMILES string of the molecule is COc1ccc(C(OCc2cccc(CNc3ncnc4c3ncn4[C@H]3C[CH][C@H](COC(c4ccccc4)(c4ccc(OC)cc4)c4ccc(OC)cc4)O3)c2)(c2ccccc2)c2ccc(OC)cc2)cc1. The molecule has 7 aromatic carbocycles. The number of methoxy groups -OCH3 is 4. The third-order valence-electron chi connectivity index (χ3n) is 13.3. The van der Waals surface area contributed by atoms with Gasteiger partial charge in [-0.15, -0.1) is 0 Å². The monoisotopic (exact) mass is 958 g/mol. The summed E-state index contributed by atoms with van der Waals surface area (Å²) in [5, 5.41) is 3.54. The van der Waals surface area contributed by atoms with Crippen LogP contribution in [0.15, 0.2) is 195 Å². The summed E-state index contributed by atoms with van der Waals surface area (Å²) in [6.07, 6.45) is 5.45. The van der Waals surface area contributed by atoms with Gasteiger partial charge in [0.1, 0.15) is 46.8 Å². The van der Waals surface area contributed by atoms with E-state index in [-0.39, 0.29) is 18.9 Å². The predicted molar refractivity (Wildman–Crippen MR) is 277 cm³/mol. The molecule has 2 atom stereocenters. The Morgan fingerprint density at radius 2 is 1.00 bits per heavy atom. The van der Waals surface area contributed by atoms with Crippen molar-refractivity contribution < 1.29 is 33.2 Å². The third kappa shape index (κ3) is 9.59. The van der Waals surface area contributed by atoms with Crippen LogP contribution in [0, 0.1) is 6.42 Å². The highest BCUT2D eigenvalue weighted by Gasteiger charge is 2.41. The van der Waals surface area contributed by atoms with Gasteiger partial charge >= 0.3 is 0 Å². The van der Waals surface area contributed by atoms with E-state index in [1.165, 1.54) is 0 Å². The molecule has 0 bridgehead atoms. The van der Waals surface area contributed by atoms with Gasteiger partial charge in [0.2, 0.25) is 0 Å². The number of ether oxygens (including phenoxy) is 7. The zero-order valence-electron chi connectivity index (χ0n) is 40.7. The van der Waals surface area contributed by atoms with Gasteiger partial charge in [0, 0.05) is 6.54 Å². The quantitative estimate of drug-likeness (QED) is 0.0735. The molecule has 1 radical (unpaired) electrons. The van der Waals surface area contributed by atoms with Crippen LogP contribution in [0.25, 0.3) is 11.2 Å². The number of imidazole rings is 1. The lowest BCUT2D eigenvalue weighted by Gasteiger charge is -2.37. The molecule has 10 rings (SSSR count). The topological polar surface area (TPSA) is 120 Å². The van der Waals surface area contributed by atoms with Crippen molar-refractivity contribution >= 4 is 17.0 Å². The van der Waals surface area contributed by atoms with Crippen LogP contribution in [0.1, 0.15) is 57.2 Å². The molecule has 1 N–H and O–H groups in total. The average Bonchev–Trinajstić information content (AvgIpc) is 4.12. The number of hydrogen-bond acceptors (Lipinski definition) is 11. The minimum absolute atomic E-state index is 0.276. The molecule has 1 fully saturated rings. The van der Waals surface area contributed by atoms with Crippen LogP contribution in [0.4, 0.5) is 5.82 Å².